The van der Waals surface area contributed by atoms with E-state index in [1.165, 1.54) is 36.4 Å². The van der Waals surface area contributed by atoms with E-state index in [2.05, 4.69) is 20.1 Å². The smallest absolute Gasteiger partial charge is 0.330 e. The molecule has 4 aromatic rings. The van der Waals surface area contributed by atoms with Gasteiger partial charge in [0.15, 0.2) is 0 Å². The van der Waals surface area contributed by atoms with Gasteiger partial charge in [0.1, 0.15) is 0 Å². The number of hydrogen-bond acceptors (Lipinski definition) is 7. The number of alkyl halides is 3. The summed E-state index contributed by atoms with van der Waals surface area (Å²) in [6, 6.07) is 11.8. The number of aryl methyl sites for hydroxylation is 1. The monoisotopic (exact) mass is 461 g/mol. The summed E-state index contributed by atoms with van der Waals surface area (Å²) in [6.45, 7) is 1.70. The number of nitrogens with zero attached hydrogens (tertiary/aromatic N) is 4. The summed E-state index contributed by atoms with van der Waals surface area (Å²) in [5.74, 6) is 0.259. The molecular formula is C20H14F3N5O3S. The normalized spacial score (nSPS) is 12.2. The lowest BCUT2D eigenvalue weighted by atomic mass is 10.1. The Morgan fingerprint density at radius 1 is 0.875 bits per heavy atom. The molecule has 2 aromatic carbocycles. The molecule has 0 saturated carbocycles. The first-order valence-corrected chi connectivity index (χ1v) is 10.6. The van der Waals surface area contributed by atoms with Crippen molar-refractivity contribution in [2.75, 3.05) is 0 Å². The van der Waals surface area contributed by atoms with E-state index >= 15 is 0 Å². The minimum atomic E-state index is -4.43. The van der Waals surface area contributed by atoms with Crippen LogP contribution in [0.5, 0.6) is 0 Å². The van der Waals surface area contributed by atoms with Crippen molar-refractivity contribution in [3.8, 4) is 34.4 Å². The standard InChI is InChI=1S/C20H14F3N5O3S/c1-11-10-16(12-2-6-14(7-3-12)20(21,22)23)26-18(25-11)19-27-17(28-31-19)13-4-8-15(9-5-13)32(24,29)30/h2-10H,1H3,(H2,24,29,30). The van der Waals surface area contributed by atoms with E-state index < -0.39 is 21.8 Å². The predicted molar refractivity (Wildman–Crippen MR) is 107 cm³/mol. The van der Waals surface area contributed by atoms with Gasteiger partial charge < -0.3 is 4.52 Å². The SMILES string of the molecule is Cc1cc(-c2ccc(C(F)(F)F)cc2)nc(-c2nc(-c3ccc(S(N)(=O)=O)cc3)no2)n1. The van der Waals surface area contributed by atoms with Gasteiger partial charge in [-0.1, -0.05) is 17.3 Å². The van der Waals surface area contributed by atoms with Crippen molar-refractivity contribution in [1.29, 1.82) is 0 Å². The molecule has 164 valence electrons. The molecule has 12 heteroatoms. The maximum Gasteiger partial charge on any atom is 0.416 e. The quantitative estimate of drug-likeness (QED) is 0.490. The lowest BCUT2D eigenvalue weighted by Crippen LogP contribution is -2.11. The average Bonchev–Trinajstić information content (AvgIpc) is 3.23. The number of halogens is 3. The molecule has 32 heavy (non-hydrogen) atoms. The van der Waals surface area contributed by atoms with Crippen molar-refractivity contribution in [3.05, 3.63) is 65.9 Å². The fourth-order valence-corrected chi connectivity index (χ4v) is 3.38. The molecule has 0 atom stereocenters. The zero-order valence-corrected chi connectivity index (χ0v) is 17.1. The van der Waals surface area contributed by atoms with Crippen LogP contribution < -0.4 is 5.14 Å². The van der Waals surface area contributed by atoms with E-state index in [0.717, 1.165) is 12.1 Å². The van der Waals surface area contributed by atoms with E-state index in [1.807, 2.05) is 0 Å². The Morgan fingerprint density at radius 3 is 2.09 bits per heavy atom. The Bertz CT molecular complexity index is 1380. The topological polar surface area (TPSA) is 125 Å². The molecule has 2 aromatic heterocycles. The second-order valence-corrected chi connectivity index (χ2v) is 8.35. The number of rotatable bonds is 4. The van der Waals surface area contributed by atoms with Crippen LogP contribution in [-0.2, 0) is 16.2 Å². The van der Waals surface area contributed by atoms with Crippen LogP contribution in [-0.4, -0.2) is 28.5 Å². The molecule has 8 nitrogen and oxygen atoms in total. The third kappa shape index (κ3) is 4.50. The second kappa shape index (κ2) is 7.80. The zero-order chi connectivity index (χ0) is 23.1. The Hall–Kier alpha value is -3.64. The van der Waals surface area contributed by atoms with Crippen molar-refractivity contribution < 1.29 is 26.1 Å². The van der Waals surface area contributed by atoms with Crippen LogP contribution in [0.4, 0.5) is 13.2 Å². The van der Waals surface area contributed by atoms with Gasteiger partial charge in [0.05, 0.1) is 16.2 Å². The first-order valence-electron chi connectivity index (χ1n) is 9.01. The van der Waals surface area contributed by atoms with Gasteiger partial charge in [0.25, 0.3) is 5.89 Å². The van der Waals surface area contributed by atoms with Gasteiger partial charge in [0, 0.05) is 16.8 Å². The molecule has 2 N–H and O–H groups in total. The first kappa shape index (κ1) is 21.6. The third-order valence-electron chi connectivity index (χ3n) is 4.42. The molecule has 0 aliphatic heterocycles. The number of aromatic nitrogens is 4. The van der Waals surface area contributed by atoms with Gasteiger partial charge >= 0.3 is 6.18 Å². The summed E-state index contributed by atoms with van der Waals surface area (Å²) in [5.41, 5.74) is 1.11. The van der Waals surface area contributed by atoms with Gasteiger partial charge in [-0.05, 0) is 49.4 Å². The third-order valence-corrected chi connectivity index (χ3v) is 5.35. The van der Waals surface area contributed by atoms with Crippen LogP contribution in [0.3, 0.4) is 0 Å². The van der Waals surface area contributed by atoms with Crippen molar-refractivity contribution in [2.24, 2.45) is 5.14 Å². The Labute approximate surface area is 180 Å². The lowest BCUT2D eigenvalue weighted by molar-refractivity contribution is -0.137. The van der Waals surface area contributed by atoms with E-state index in [0.29, 0.717) is 22.5 Å². The highest BCUT2D eigenvalue weighted by Crippen LogP contribution is 2.31. The number of nitrogens with two attached hydrogens (primary N) is 1. The number of primary sulfonamides is 1. The fourth-order valence-electron chi connectivity index (χ4n) is 2.87. The molecule has 0 spiro atoms. The van der Waals surface area contributed by atoms with Gasteiger partial charge in [-0.2, -0.15) is 18.2 Å². The van der Waals surface area contributed by atoms with Crippen molar-refractivity contribution in [1.82, 2.24) is 20.1 Å². The van der Waals surface area contributed by atoms with Crippen LogP contribution in [0.25, 0.3) is 34.4 Å². The summed E-state index contributed by atoms with van der Waals surface area (Å²) in [6.07, 6.45) is -4.43. The van der Waals surface area contributed by atoms with Crippen molar-refractivity contribution in [2.45, 2.75) is 18.0 Å². The summed E-state index contributed by atoms with van der Waals surface area (Å²) in [4.78, 5) is 12.8. The summed E-state index contributed by atoms with van der Waals surface area (Å²) >= 11 is 0. The minimum absolute atomic E-state index is 0.00705. The Kier molecular flexibility index (Phi) is 5.26. The Morgan fingerprint density at radius 2 is 1.50 bits per heavy atom. The molecule has 0 radical (unpaired) electrons. The highest BCUT2D eigenvalue weighted by atomic mass is 32.2. The van der Waals surface area contributed by atoms with E-state index in [-0.39, 0.29) is 22.4 Å². The zero-order valence-electron chi connectivity index (χ0n) is 16.3. The molecule has 0 fully saturated rings. The first-order chi connectivity index (χ1) is 15.0. The van der Waals surface area contributed by atoms with E-state index in [4.69, 9.17) is 9.66 Å². The van der Waals surface area contributed by atoms with Gasteiger partial charge in [-0.3, -0.25) is 0 Å². The van der Waals surface area contributed by atoms with Gasteiger partial charge in [-0.15, -0.1) is 0 Å². The molecule has 0 bridgehead atoms. The van der Waals surface area contributed by atoms with E-state index in [9.17, 15) is 21.6 Å². The molecule has 2 heterocycles. The molecule has 0 aliphatic rings. The van der Waals surface area contributed by atoms with Gasteiger partial charge in [-0.25, -0.2) is 23.5 Å². The molecule has 0 amide bonds. The van der Waals surface area contributed by atoms with Crippen molar-refractivity contribution >= 4 is 10.0 Å². The van der Waals surface area contributed by atoms with Crippen LogP contribution in [0.1, 0.15) is 11.3 Å². The Balaban J connectivity index is 1.66. The molecule has 4 rings (SSSR count). The molecule has 0 aliphatic carbocycles. The molecular weight excluding hydrogens is 447 g/mol. The largest absolute Gasteiger partial charge is 0.416 e. The fraction of sp³-hybridized carbons (Fsp3) is 0.100. The number of benzene rings is 2. The maximum atomic E-state index is 12.8. The lowest BCUT2D eigenvalue weighted by Gasteiger charge is -2.08. The van der Waals surface area contributed by atoms with Crippen molar-refractivity contribution in [3.63, 3.8) is 0 Å². The van der Waals surface area contributed by atoms with Crippen LogP contribution in [0.2, 0.25) is 0 Å². The minimum Gasteiger partial charge on any atom is -0.330 e. The second-order valence-electron chi connectivity index (χ2n) is 6.79. The van der Waals surface area contributed by atoms with Crippen LogP contribution in [0, 0.1) is 6.92 Å². The predicted octanol–water partition coefficient (Wildman–Crippen LogP) is 3.84. The average molecular weight is 461 g/mol. The molecule has 0 saturated heterocycles. The highest BCUT2D eigenvalue weighted by Gasteiger charge is 2.30. The maximum absolute atomic E-state index is 12.8. The summed E-state index contributed by atoms with van der Waals surface area (Å²) in [5, 5.41) is 8.94. The van der Waals surface area contributed by atoms with Gasteiger partial charge in [0.2, 0.25) is 21.7 Å². The van der Waals surface area contributed by atoms with Crippen LogP contribution >= 0.6 is 0 Å². The highest BCUT2D eigenvalue weighted by molar-refractivity contribution is 7.89. The number of sulfonamides is 1. The van der Waals surface area contributed by atoms with E-state index in [1.54, 1.807) is 13.0 Å². The summed E-state index contributed by atoms with van der Waals surface area (Å²) in [7, 11) is -3.83. The molecule has 0 unspecified atom stereocenters. The summed E-state index contributed by atoms with van der Waals surface area (Å²) < 4.78 is 66.4. The number of hydrogen-bond donors (Lipinski definition) is 1. The van der Waals surface area contributed by atoms with Crippen LogP contribution in [0.15, 0.2) is 64.0 Å².